The molecule has 3 amide bonds. The minimum absolute atomic E-state index is 0.253. The van der Waals surface area contributed by atoms with Crippen LogP contribution in [0.2, 0.25) is 0 Å². The Morgan fingerprint density at radius 3 is 1.93 bits per heavy atom. The van der Waals surface area contributed by atoms with Crippen molar-refractivity contribution in [2.45, 2.75) is 20.0 Å². The molecule has 2 aromatic rings. The Bertz CT molecular complexity index is 880. The molecule has 0 aliphatic carbocycles. The van der Waals surface area contributed by atoms with Gasteiger partial charge in [-0.25, -0.2) is 0 Å². The second-order valence-corrected chi connectivity index (χ2v) is 5.93. The summed E-state index contributed by atoms with van der Waals surface area (Å²) in [6.07, 6.45) is -4.67. The molecule has 0 saturated carbocycles. The molecule has 0 unspecified atom stereocenters. The molecular formula is C19H18F3N3O3. The average Bonchev–Trinajstić information content (AvgIpc) is 2.60. The maximum absolute atomic E-state index is 13.2. The summed E-state index contributed by atoms with van der Waals surface area (Å²) in [5.74, 6) is -1.62. The summed E-state index contributed by atoms with van der Waals surface area (Å²) in [6.45, 7) is 1.85. The fraction of sp³-hybridized carbons (Fsp3) is 0.211. The summed E-state index contributed by atoms with van der Waals surface area (Å²) < 4.78 is 39.6. The Balaban J connectivity index is 2.16. The molecule has 0 spiro atoms. The van der Waals surface area contributed by atoms with Crippen LogP contribution in [0.1, 0.15) is 19.4 Å². The third-order valence-electron chi connectivity index (χ3n) is 3.67. The lowest BCUT2D eigenvalue weighted by Crippen LogP contribution is -2.37. The Hall–Kier alpha value is -3.36. The molecule has 148 valence electrons. The number of carbonyl (C=O) groups excluding carboxylic acids is 3. The van der Waals surface area contributed by atoms with Crippen molar-refractivity contribution in [1.82, 2.24) is 0 Å². The number of hydrogen-bond acceptors (Lipinski definition) is 3. The Morgan fingerprint density at radius 1 is 0.893 bits per heavy atom. The van der Waals surface area contributed by atoms with Crippen molar-refractivity contribution >= 4 is 34.8 Å². The molecule has 0 heterocycles. The standard InChI is InChI=1S/C19H18F3N3O3/c1-12(26)23-14-7-9-15(10-8-14)24-18(28)11-25(13(2)27)17-6-4-3-5-16(17)19(20,21)22/h3-10H,11H2,1-2H3,(H,23,26)(H,24,28). The minimum Gasteiger partial charge on any atom is -0.326 e. The summed E-state index contributed by atoms with van der Waals surface area (Å²) in [5.41, 5.74) is -0.502. The van der Waals surface area contributed by atoms with Crippen molar-refractivity contribution < 1.29 is 27.6 Å². The summed E-state index contributed by atoms with van der Waals surface area (Å²) in [7, 11) is 0. The molecule has 0 aliphatic heterocycles. The maximum Gasteiger partial charge on any atom is 0.418 e. The van der Waals surface area contributed by atoms with E-state index < -0.39 is 35.8 Å². The Labute approximate surface area is 159 Å². The molecule has 9 heteroatoms. The second kappa shape index (κ2) is 8.55. The molecule has 0 bridgehead atoms. The van der Waals surface area contributed by atoms with Gasteiger partial charge in [0.05, 0.1) is 11.3 Å². The molecule has 2 rings (SSSR count). The van der Waals surface area contributed by atoms with Crippen LogP contribution in [-0.4, -0.2) is 24.3 Å². The highest BCUT2D eigenvalue weighted by Gasteiger charge is 2.35. The smallest absolute Gasteiger partial charge is 0.326 e. The SMILES string of the molecule is CC(=O)Nc1ccc(NC(=O)CN(C(C)=O)c2ccccc2C(F)(F)F)cc1. The highest BCUT2D eigenvalue weighted by Crippen LogP contribution is 2.36. The Kier molecular flexibility index (Phi) is 6.40. The van der Waals surface area contributed by atoms with Gasteiger partial charge in [-0.2, -0.15) is 13.2 Å². The number of anilines is 3. The van der Waals surface area contributed by atoms with Crippen LogP contribution in [0.25, 0.3) is 0 Å². The molecule has 0 radical (unpaired) electrons. The molecule has 0 aromatic heterocycles. The van der Waals surface area contributed by atoms with Gasteiger partial charge in [0.2, 0.25) is 17.7 Å². The Morgan fingerprint density at radius 2 is 1.43 bits per heavy atom. The van der Waals surface area contributed by atoms with Crippen LogP contribution in [0.15, 0.2) is 48.5 Å². The van der Waals surface area contributed by atoms with Crippen molar-refractivity contribution in [3.63, 3.8) is 0 Å². The van der Waals surface area contributed by atoms with Crippen molar-refractivity contribution in [2.24, 2.45) is 0 Å². The average molecular weight is 393 g/mol. The molecular weight excluding hydrogens is 375 g/mol. The molecule has 0 aliphatic rings. The number of rotatable bonds is 5. The van der Waals surface area contributed by atoms with E-state index in [2.05, 4.69) is 10.6 Å². The van der Waals surface area contributed by atoms with Crippen LogP contribution in [0.4, 0.5) is 30.2 Å². The van der Waals surface area contributed by atoms with E-state index in [0.717, 1.165) is 24.0 Å². The summed E-state index contributed by atoms with van der Waals surface area (Å²) in [4.78, 5) is 35.9. The van der Waals surface area contributed by atoms with E-state index >= 15 is 0 Å². The fourth-order valence-corrected chi connectivity index (χ4v) is 2.50. The molecule has 6 nitrogen and oxygen atoms in total. The van der Waals surface area contributed by atoms with E-state index in [9.17, 15) is 27.6 Å². The first-order chi connectivity index (χ1) is 13.1. The van der Waals surface area contributed by atoms with E-state index in [1.165, 1.54) is 31.2 Å². The lowest BCUT2D eigenvalue weighted by Gasteiger charge is -2.24. The first-order valence-electron chi connectivity index (χ1n) is 8.20. The van der Waals surface area contributed by atoms with Crippen LogP contribution < -0.4 is 15.5 Å². The molecule has 2 N–H and O–H groups in total. The number of para-hydroxylation sites is 1. The van der Waals surface area contributed by atoms with Gasteiger partial charge in [-0.3, -0.25) is 14.4 Å². The zero-order valence-corrected chi connectivity index (χ0v) is 15.1. The van der Waals surface area contributed by atoms with Crippen molar-refractivity contribution in [3.8, 4) is 0 Å². The van der Waals surface area contributed by atoms with Crippen molar-refractivity contribution in [1.29, 1.82) is 0 Å². The number of nitrogens with zero attached hydrogens (tertiary/aromatic N) is 1. The summed E-state index contributed by atoms with van der Waals surface area (Å²) in [5, 5.41) is 5.07. The van der Waals surface area contributed by atoms with Crippen LogP contribution in [-0.2, 0) is 20.6 Å². The van der Waals surface area contributed by atoms with Crippen LogP contribution >= 0.6 is 0 Å². The topological polar surface area (TPSA) is 78.5 Å². The van der Waals surface area contributed by atoms with Gasteiger partial charge in [0.1, 0.15) is 6.54 Å². The first kappa shape index (κ1) is 20.9. The first-order valence-corrected chi connectivity index (χ1v) is 8.20. The lowest BCUT2D eigenvalue weighted by atomic mass is 10.1. The van der Waals surface area contributed by atoms with Crippen molar-refractivity contribution in [2.75, 3.05) is 22.1 Å². The van der Waals surface area contributed by atoms with E-state index in [1.54, 1.807) is 12.1 Å². The van der Waals surface area contributed by atoms with Crippen LogP contribution in [0.5, 0.6) is 0 Å². The van der Waals surface area contributed by atoms with E-state index in [4.69, 9.17) is 0 Å². The van der Waals surface area contributed by atoms with Crippen LogP contribution in [0, 0.1) is 0 Å². The van der Waals surface area contributed by atoms with Gasteiger partial charge < -0.3 is 15.5 Å². The zero-order chi connectivity index (χ0) is 20.9. The monoisotopic (exact) mass is 393 g/mol. The third kappa shape index (κ3) is 5.57. The lowest BCUT2D eigenvalue weighted by molar-refractivity contribution is -0.137. The number of carbonyl (C=O) groups is 3. The molecule has 0 fully saturated rings. The van der Waals surface area contributed by atoms with E-state index in [1.807, 2.05) is 0 Å². The van der Waals surface area contributed by atoms with E-state index in [-0.39, 0.29) is 5.91 Å². The van der Waals surface area contributed by atoms with Gasteiger partial charge in [-0.15, -0.1) is 0 Å². The number of hydrogen-bond donors (Lipinski definition) is 2. The van der Waals surface area contributed by atoms with Gasteiger partial charge in [0.15, 0.2) is 0 Å². The summed E-state index contributed by atoms with van der Waals surface area (Å²) in [6, 6.07) is 10.7. The van der Waals surface area contributed by atoms with Crippen molar-refractivity contribution in [3.05, 3.63) is 54.1 Å². The highest BCUT2D eigenvalue weighted by molar-refractivity contribution is 6.02. The fourth-order valence-electron chi connectivity index (χ4n) is 2.50. The normalized spacial score (nSPS) is 10.9. The van der Waals surface area contributed by atoms with E-state index in [0.29, 0.717) is 11.4 Å². The third-order valence-corrected chi connectivity index (χ3v) is 3.67. The van der Waals surface area contributed by atoms with Gasteiger partial charge in [-0.05, 0) is 36.4 Å². The zero-order valence-electron chi connectivity index (χ0n) is 15.1. The highest BCUT2D eigenvalue weighted by atomic mass is 19.4. The maximum atomic E-state index is 13.2. The molecule has 0 atom stereocenters. The predicted octanol–water partition coefficient (Wildman–Crippen LogP) is 3.66. The van der Waals surface area contributed by atoms with Gasteiger partial charge in [-0.1, -0.05) is 12.1 Å². The van der Waals surface area contributed by atoms with Crippen LogP contribution in [0.3, 0.4) is 0 Å². The molecule has 2 aromatic carbocycles. The number of nitrogens with one attached hydrogen (secondary N) is 2. The second-order valence-electron chi connectivity index (χ2n) is 5.93. The van der Waals surface area contributed by atoms with Gasteiger partial charge >= 0.3 is 6.18 Å². The largest absolute Gasteiger partial charge is 0.418 e. The quantitative estimate of drug-likeness (QED) is 0.814. The van der Waals surface area contributed by atoms with Gasteiger partial charge in [0, 0.05) is 25.2 Å². The summed E-state index contributed by atoms with van der Waals surface area (Å²) >= 11 is 0. The number of amides is 3. The molecule has 28 heavy (non-hydrogen) atoms. The minimum atomic E-state index is -4.67. The predicted molar refractivity (Wildman–Crippen MR) is 98.8 cm³/mol. The number of alkyl halides is 3. The number of benzene rings is 2. The number of halogens is 3. The molecule has 0 saturated heterocycles. The van der Waals surface area contributed by atoms with Gasteiger partial charge in [0.25, 0.3) is 0 Å².